The van der Waals surface area contributed by atoms with Crippen LogP contribution in [-0.4, -0.2) is 0 Å². The first-order valence-corrected chi connectivity index (χ1v) is 6.83. The van der Waals surface area contributed by atoms with Crippen LogP contribution in [0.2, 0.25) is 0 Å². The molecule has 2 aromatic rings. The van der Waals surface area contributed by atoms with Crippen LogP contribution in [0.25, 0.3) is 11.1 Å². The molecule has 0 aliphatic carbocycles. The van der Waals surface area contributed by atoms with E-state index in [-0.39, 0.29) is 0 Å². The molecule has 0 atom stereocenters. The van der Waals surface area contributed by atoms with Gasteiger partial charge in [0, 0.05) is 0 Å². The Morgan fingerprint density at radius 1 is 0.889 bits per heavy atom. The van der Waals surface area contributed by atoms with Crippen LogP contribution in [-0.2, 0) is 6.42 Å². The van der Waals surface area contributed by atoms with Crippen LogP contribution >= 0.6 is 0 Å². The predicted octanol–water partition coefficient (Wildman–Crippen LogP) is 5.35. The summed E-state index contributed by atoms with van der Waals surface area (Å²) in [6.07, 6.45) is 1.10. The monoisotopic (exact) mass is 238 g/mol. The van der Waals surface area contributed by atoms with Gasteiger partial charge >= 0.3 is 0 Å². The summed E-state index contributed by atoms with van der Waals surface area (Å²) in [5, 5.41) is 0. The van der Waals surface area contributed by atoms with Crippen LogP contribution in [0.4, 0.5) is 0 Å². The molecule has 0 saturated carbocycles. The van der Waals surface area contributed by atoms with E-state index in [9.17, 15) is 0 Å². The smallest absolute Gasteiger partial charge is 0.0144 e. The van der Waals surface area contributed by atoms with E-state index in [0.717, 1.165) is 6.42 Å². The topological polar surface area (TPSA) is 0 Å². The minimum atomic E-state index is 0.566. The zero-order chi connectivity index (χ0) is 13.1. The average Bonchev–Trinajstić information content (AvgIpc) is 2.38. The molecule has 0 radical (unpaired) electrons. The SMILES string of the molecule is CCc1cccc(-c2ccccc2C)c1C(C)C. The summed E-state index contributed by atoms with van der Waals surface area (Å²) in [7, 11) is 0. The Bertz CT molecular complexity index is 535. The number of hydrogen-bond donors (Lipinski definition) is 0. The third-order valence-corrected chi connectivity index (χ3v) is 3.59. The van der Waals surface area contributed by atoms with Crippen molar-refractivity contribution < 1.29 is 0 Å². The molecule has 94 valence electrons. The lowest BCUT2D eigenvalue weighted by Gasteiger charge is -2.18. The molecular weight excluding hydrogens is 216 g/mol. The van der Waals surface area contributed by atoms with Gasteiger partial charge in [0.2, 0.25) is 0 Å². The highest BCUT2D eigenvalue weighted by Crippen LogP contribution is 2.33. The standard InChI is InChI=1S/C18H22/c1-5-15-10-8-12-17(18(15)13(2)3)16-11-7-6-9-14(16)4/h6-13H,5H2,1-4H3. The van der Waals surface area contributed by atoms with Crippen molar-refractivity contribution in [3.63, 3.8) is 0 Å². The van der Waals surface area contributed by atoms with E-state index in [1.54, 1.807) is 0 Å². The Morgan fingerprint density at radius 2 is 1.56 bits per heavy atom. The molecule has 0 aliphatic rings. The van der Waals surface area contributed by atoms with Crippen molar-refractivity contribution in [2.24, 2.45) is 0 Å². The van der Waals surface area contributed by atoms with E-state index in [1.807, 2.05) is 0 Å². The maximum absolute atomic E-state index is 2.29. The van der Waals surface area contributed by atoms with Gasteiger partial charge < -0.3 is 0 Å². The summed E-state index contributed by atoms with van der Waals surface area (Å²) in [4.78, 5) is 0. The molecule has 0 aliphatic heterocycles. The zero-order valence-corrected chi connectivity index (χ0v) is 11.8. The summed E-state index contributed by atoms with van der Waals surface area (Å²) >= 11 is 0. The summed E-state index contributed by atoms with van der Waals surface area (Å²) < 4.78 is 0. The molecule has 0 spiro atoms. The Hall–Kier alpha value is -1.56. The Kier molecular flexibility index (Phi) is 3.86. The molecule has 2 aromatic carbocycles. The average molecular weight is 238 g/mol. The van der Waals surface area contributed by atoms with Crippen molar-refractivity contribution in [3.8, 4) is 11.1 Å². The minimum absolute atomic E-state index is 0.566. The fraction of sp³-hybridized carbons (Fsp3) is 0.333. The van der Waals surface area contributed by atoms with Crippen LogP contribution in [0.3, 0.4) is 0 Å². The predicted molar refractivity (Wildman–Crippen MR) is 80.1 cm³/mol. The molecule has 0 heteroatoms. The van der Waals surface area contributed by atoms with Crippen molar-refractivity contribution in [2.75, 3.05) is 0 Å². The number of rotatable bonds is 3. The zero-order valence-electron chi connectivity index (χ0n) is 11.8. The highest BCUT2D eigenvalue weighted by Gasteiger charge is 2.13. The Morgan fingerprint density at radius 3 is 2.17 bits per heavy atom. The lowest BCUT2D eigenvalue weighted by molar-refractivity contribution is 0.846. The van der Waals surface area contributed by atoms with Gasteiger partial charge in [-0.05, 0) is 47.1 Å². The molecule has 18 heavy (non-hydrogen) atoms. The lowest BCUT2D eigenvalue weighted by Crippen LogP contribution is -1.99. The quantitative estimate of drug-likeness (QED) is 0.676. The van der Waals surface area contributed by atoms with Gasteiger partial charge in [0.1, 0.15) is 0 Å². The van der Waals surface area contributed by atoms with Gasteiger partial charge in [0.15, 0.2) is 0 Å². The van der Waals surface area contributed by atoms with Crippen molar-refractivity contribution in [1.82, 2.24) is 0 Å². The molecular formula is C18H22. The van der Waals surface area contributed by atoms with Gasteiger partial charge in [-0.15, -0.1) is 0 Å². The molecule has 0 amide bonds. The minimum Gasteiger partial charge on any atom is -0.0620 e. The normalized spacial score (nSPS) is 10.9. The fourth-order valence-corrected chi connectivity index (χ4v) is 2.71. The number of hydrogen-bond acceptors (Lipinski definition) is 0. The number of benzene rings is 2. The fourth-order valence-electron chi connectivity index (χ4n) is 2.71. The van der Waals surface area contributed by atoms with Crippen LogP contribution in [0.5, 0.6) is 0 Å². The third-order valence-electron chi connectivity index (χ3n) is 3.59. The second-order valence-electron chi connectivity index (χ2n) is 5.20. The van der Waals surface area contributed by atoms with Crippen LogP contribution in [0, 0.1) is 6.92 Å². The van der Waals surface area contributed by atoms with Gasteiger partial charge in [0.25, 0.3) is 0 Å². The first-order valence-electron chi connectivity index (χ1n) is 6.83. The summed E-state index contributed by atoms with van der Waals surface area (Å²) in [5.74, 6) is 0.566. The van der Waals surface area contributed by atoms with Gasteiger partial charge in [-0.3, -0.25) is 0 Å². The molecule has 0 bridgehead atoms. The highest BCUT2D eigenvalue weighted by molar-refractivity contribution is 5.72. The maximum atomic E-state index is 2.29. The van der Waals surface area contributed by atoms with Gasteiger partial charge in [-0.1, -0.05) is 63.2 Å². The highest BCUT2D eigenvalue weighted by atomic mass is 14.2. The maximum Gasteiger partial charge on any atom is -0.0144 e. The van der Waals surface area contributed by atoms with Crippen molar-refractivity contribution in [3.05, 3.63) is 59.2 Å². The van der Waals surface area contributed by atoms with Crippen LogP contribution < -0.4 is 0 Å². The first kappa shape index (κ1) is 12.9. The van der Waals surface area contributed by atoms with E-state index in [2.05, 4.69) is 70.2 Å². The van der Waals surface area contributed by atoms with Crippen molar-refractivity contribution >= 4 is 0 Å². The molecule has 0 aromatic heterocycles. The van der Waals surface area contributed by atoms with E-state index in [1.165, 1.54) is 27.8 Å². The van der Waals surface area contributed by atoms with Crippen LogP contribution in [0.15, 0.2) is 42.5 Å². The van der Waals surface area contributed by atoms with E-state index >= 15 is 0 Å². The van der Waals surface area contributed by atoms with E-state index in [0.29, 0.717) is 5.92 Å². The largest absolute Gasteiger partial charge is 0.0620 e. The Balaban J connectivity index is 2.68. The lowest BCUT2D eigenvalue weighted by atomic mass is 9.86. The Labute approximate surface area is 111 Å². The molecule has 0 saturated heterocycles. The second-order valence-corrected chi connectivity index (χ2v) is 5.20. The van der Waals surface area contributed by atoms with Gasteiger partial charge in [0.05, 0.1) is 0 Å². The van der Waals surface area contributed by atoms with Crippen molar-refractivity contribution in [1.29, 1.82) is 0 Å². The number of aryl methyl sites for hydroxylation is 2. The second kappa shape index (κ2) is 5.39. The van der Waals surface area contributed by atoms with Gasteiger partial charge in [-0.2, -0.15) is 0 Å². The molecule has 0 nitrogen and oxygen atoms in total. The van der Waals surface area contributed by atoms with Crippen molar-refractivity contribution in [2.45, 2.75) is 40.0 Å². The van der Waals surface area contributed by atoms with Gasteiger partial charge in [-0.25, -0.2) is 0 Å². The van der Waals surface area contributed by atoms with E-state index < -0.39 is 0 Å². The summed E-state index contributed by atoms with van der Waals surface area (Å²) in [5.41, 5.74) is 7.12. The van der Waals surface area contributed by atoms with Crippen LogP contribution in [0.1, 0.15) is 43.4 Å². The molecule has 0 N–H and O–H groups in total. The molecule has 0 fully saturated rings. The van der Waals surface area contributed by atoms with E-state index in [4.69, 9.17) is 0 Å². The third kappa shape index (κ3) is 2.33. The summed E-state index contributed by atoms with van der Waals surface area (Å²) in [6.45, 7) is 9.01. The molecule has 0 heterocycles. The molecule has 2 rings (SSSR count). The first-order chi connectivity index (χ1) is 8.65. The summed E-state index contributed by atoms with van der Waals surface area (Å²) in [6, 6.07) is 15.4. The molecule has 0 unspecified atom stereocenters.